The fourth-order valence-electron chi connectivity index (χ4n) is 2.13. The molecule has 2 aromatic rings. The van der Waals surface area contributed by atoms with E-state index in [2.05, 4.69) is 20.9 Å². The van der Waals surface area contributed by atoms with Crippen LogP contribution in [0.15, 0.2) is 42.5 Å². The van der Waals surface area contributed by atoms with Gasteiger partial charge in [0.1, 0.15) is 5.75 Å². The second-order valence-electron chi connectivity index (χ2n) is 3.90. The fourth-order valence-corrected chi connectivity index (χ4v) is 2.13. The first-order valence-electron chi connectivity index (χ1n) is 5.42. The Bertz CT molecular complexity index is 667. The number of aromatic hydroxyl groups is 1. The molecular formula is C14H10BrNO3. The molecule has 0 aliphatic heterocycles. The van der Waals surface area contributed by atoms with Crippen LogP contribution >= 0.6 is 16.1 Å². The summed E-state index contributed by atoms with van der Waals surface area (Å²) in [6, 6.07) is 11.2. The van der Waals surface area contributed by atoms with Crippen molar-refractivity contribution in [3.05, 3.63) is 64.7 Å². The summed E-state index contributed by atoms with van der Waals surface area (Å²) >= 11 is 2.44. The van der Waals surface area contributed by atoms with E-state index in [0.29, 0.717) is 11.1 Å². The number of hydrogen-bond donors (Lipinski definition) is 2. The predicted octanol–water partition coefficient (Wildman–Crippen LogP) is 2.42. The zero-order valence-corrected chi connectivity index (χ0v) is 11.3. The van der Waals surface area contributed by atoms with Crippen molar-refractivity contribution < 1.29 is 14.7 Å². The van der Waals surface area contributed by atoms with Gasteiger partial charge in [0.2, 0.25) is 0 Å². The lowest BCUT2D eigenvalue weighted by Crippen LogP contribution is -2.20. The predicted molar refractivity (Wildman–Crippen MR) is 74.5 cm³/mol. The van der Waals surface area contributed by atoms with Gasteiger partial charge in [-0.05, 0) is 6.07 Å². The van der Waals surface area contributed by atoms with Gasteiger partial charge in [-0.1, -0.05) is 36.4 Å². The number of carbonyl (C=O) groups is 2. The number of nitrogens with two attached hydrogens (primary N) is 1. The maximum absolute atomic E-state index is 12.2. The van der Waals surface area contributed by atoms with E-state index in [-0.39, 0.29) is 28.4 Å². The Morgan fingerprint density at radius 1 is 0.789 bits per heavy atom. The molecule has 3 N–H and O–H groups in total. The lowest BCUT2D eigenvalue weighted by Gasteiger charge is -2.17. The van der Waals surface area contributed by atoms with Crippen molar-refractivity contribution in [3.8, 4) is 5.75 Å². The Hall–Kier alpha value is -1.98. The van der Waals surface area contributed by atoms with Gasteiger partial charge in [0.25, 0.3) is 0 Å². The first kappa shape index (κ1) is 13.5. The number of carbonyl (C=O) groups excluding carboxylic acids is 2. The monoisotopic (exact) mass is 319 g/mol. The number of fused-ring (bicyclic) bond motifs is 2. The van der Waals surface area contributed by atoms with Crippen LogP contribution in [0.4, 0.5) is 0 Å². The third-order valence-electron chi connectivity index (χ3n) is 2.93. The average molecular weight is 320 g/mol. The number of halogens is 1. The minimum atomic E-state index is -0.298. The molecule has 0 aromatic heterocycles. The average Bonchev–Trinajstić information content (AvgIpc) is 2.47. The van der Waals surface area contributed by atoms with Crippen molar-refractivity contribution >= 4 is 27.7 Å². The summed E-state index contributed by atoms with van der Waals surface area (Å²) in [5.74, 6) is -0.658. The SMILES string of the molecule is NBr.O=C1c2ccccc2C(=O)c2c(O)cccc21. The molecule has 1 aliphatic carbocycles. The Morgan fingerprint density at radius 2 is 1.32 bits per heavy atom. The van der Waals surface area contributed by atoms with E-state index in [1.165, 1.54) is 6.07 Å². The van der Waals surface area contributed by atoms with Gasteiger partial charge in [-0.15, -0.1) is 0 Å². The Morgan fingerprint density at radius 3 is 1.95 bits per heavy atom. The Labute approximate surface area is 118 Å². The highest BCUT2D eigenvalue weighted by atomic mass is 79.9. The molecule has 3 rings (SSSR count). The number of hydrogen-bond acceptors (Lipinski definition) is 4. The van der Waals surface area contributed by atoms with Crippen LogP contribution in [0.25, 0.3) is 0 Å². The van der Waals surface area contributed by atoms with Gasteiger partial charge in [-0.25, -0.2) is 0 Å². The van der Waals surface area contributed by atoms with Gasteiger partial charge in [0.15, 0.2) is 11.6 Å². The van der Waals surface area contributed by atoms with Crippen LogP contribution < -0.4 is 4.76 Å². The van der Waals surface area contributed by atoms with Crippen LogP contribution in [0.5, 0.6) is 5.75 Å². The van der Waals surface area contributed by atoms with Crippen molar-refractivity contribution in [1.29, 1.82) is 0 Å². The largest absolute Gasteiger partial charge is 0.507 e. The van der Waals surface area contributed by atoms with Gasteiger partial charge >= 0.3 is 0 Å². The molecule has 19 heavy (non-hydrogen) atoms. The summed E-state index contributed by atoms with van der Waals surface area (Å²) in [4.78, 5) is 24.3. The van der Waals surface area contributed by atoms with Crippen molar-refractivity contribution in [2.45, 2.75) is 0 Å². The number of ketones is 2. The zero-order chi connectivity index (χ0) is 14.0. The van der Waals surface area contributed by atoms with Crippen LogP contribution in [-0.4, -0.2) is 16.7 Å². The summed E-state index contributed by atoms with van der Waals surface area (Å²) in [5.41, 5.74) is 1.13. The highest BCUT2D eigenvalue weighted by Crippen LogP contribution is 2.32. The molecule has 0 atom stereocenters. The normalized spacial score (nSPS) is 12.1. The zero-order valence-electron chi connectivity index (χ0n) is 9.76. The standard InChI is InChI=1S/C14H8O3.BrH2N/c15-11-7-3-6-10-12(11)14(17)9-5-2-1-4-8(9)13(10)16;1-2/h1-7,15H;2H2. The number of benzene rings is 2. The molecule has 0 saturated heterocycles. The molecule has 0 saturated carbocycles. The van der Waals surface area contributed by atoms with Gasteiger partial charge in [-0.3, -0.25) is 14.3 Å². The first-order valence-corrected chi connectivity index (χ1v) is 6.34. The van der Waals surface area contributed by atoms with E-state index in [1.807, 2.05) is 0 Å². The van der Waals surface area contributed by atoms with Gasteiger partial charge in [0.05, 0.1) is 5.56 Å². The molecule has 0 bridgehead atoms. The highest BCUT2D eigenvalue weighted by molar-refractivity contribution is 9.07. The second-order valence-corrected chi connectivity index (χ2v) is 3.90. The van der Waals surface area contributed by atoms with Crippen LogP contribution in [0.2, 0.25) is 0 Å². The molecule has 1 aliphatic rings. The van der Waals surface area contributed by atoms with E-state index < -0.39 is 0 Å². The first-order chi connectivity index (χ1) is 9.20. The van der Waals surface area contributed by atoms with Gasteiger partial charge in [-0.2, -0.15) is 0 Å². The van der Waals surface area contributed by atoms with E-state index >= 15 is 0 Å². The summed E-state index contributed by atoms with van der Waals surface area (Å²) in [6.45, 7) is 0. The molecule has 2 aromatic carbocycles. The van der Waals surface area contributed by atoms with Crippen molar-refractivity contribution in [2.75, 3.05) is 0 Å². The van der Waals surface area contributed by atoms with E-state index in [1.54, 1.807) is 36.4 Å². The molecule has 96 valence electrons. The van der Waals surface area contributed by atoms with Gasteiger partial charge in [0, 0.05) is 32.8 Å². The molecule has 0 heterocycles. The van der Waals surface area contributed by atoms with Crippen molar-refractivity contribution in [2.24, 2.45) is 4.76 Å². The molecule has 0 fully saturated rings. The minimum Gasteiger partial charge on any atom is -0.507 e. The van der Waals surface area contributed by atoms with Crippen LogP contribution in [-0.2, 0) is 0 Å². The lowest BCUT2D eigenvalue weighted by atomic mass is 9.84. The summed E-state index contributed by atoms with van der Waals surface area (Å²) in [6.07, 6.45) is 0. The molecule has 0 radical (unpaired) electrons. The maximum Gasteiger partial charge on any atom is 0.198 e. The molecular weight excluding hydrogens is 310 g/mol. The minimum absolute atomic E-state index is 0.108. The van der Waals surface area contributed by atoms with Crippen LogP contribution in [0.3, 0.4) is 0 Å². The number of rotatable bonds is 0. The van der Waals surface area contributed by atoms with E-state index in [4.69, 9.17) is 0 Å². The maximum atomic E-state index is 12.2. The third-order valence-corrected chi connectivity index (χ3v) is 2.93. The summed E-state index contributed by atoms with van der Waals surface area (Å²) < 4.78 is 4.31. The third kappa shape index (κ3) is 2.07. The molecule has 0 spiro atoms. The van der Waals surface area contributed by atoms with E-state index in [9.17, 15) is 14.7 Å². The fraction of sp³-hybridized carbons (Fsp3) is 0. The highest BCUT2D eigenvalue weighted by Gasteiger charge is 2.31. The molecule has 5 heteroatoms. The van der Waals surface area contributed by atoms with Crippen LogP contribution in [0.1, 0.15) is 31.8 Å². The Kier molecular flexibility index (Phi) is 3.78. The number of phenols is 1. The van der Waals surface area contributed by atoms with E-state index in [0.717, 1.165) is 0 Å². The smallest absolute Gasteiger partial charge is 0.198 e. The summed E-state index contributed by atoms with van der Waals surface area (Å²) in [5, 5.41) is 9.70. The van der Waals surface area contributed by atoms with Gasteiger partial charge < -0.3 is 5.11 Å². The van der Waals surface area contributed by atoms with Crippen LogP contribution in [0, 0.1) is 0 Å². The number of phenolic OH excluding ortho intramolecular Hbond substituents is 1. The molecule has 0 unspecified atom stereocenters. The molecule has 4 nitrogen and oxygen atoms in total. The van der Waals surface area contributed by atoms with Crippen molar-refractivity contribution in [3.63, 3.8) is 0 Å². The van der Waals surface area contributed by atoms with Crippen molar-refractivity contribution in [1.82, 2.24) is 0 Å². The second kappa shape index (κ2) is 5.34. The lowest BCUT2D eigenvalue weighted by molar-refractivity contribution is 0.0976. The Balaban J connectivity index is 0.000000637. The summed E-state index contributed by atoms with van der Waals surface area (Å²) in [7, 11) is 0. The topological polar surface area (TPSA) is 80.4 Å². The molecule has 0 amide bonds. The quantitative estimate of drug-likeness (QED) is 0.623.